The Labute approximate surface area is 252 Å². The Morgan fingerprint density at radius 2 is 2.00 bits per heavy atom. The third-order valence-electron chi connectivity index (χ3n) is 6.91. The van der Waals surface area contributed by atoms with E-state index in [4.69, 9.17) is 10.5 Å². The topological polar surface area (TPSA) is 118 Å². The summed E-state index contributed by atoms with van der Waals surface area (Å²) in [4.78, 5) is 24.0. The maximum absolute atomic E-state index is 15.3. The number of hydrogen-bond donors (Lipinski definition) is 3. The van der Waals surface area contributed by atoms with Crippen LogP contribution in [0.2, 0.25) is 0 Å². The monoisotopic (exact) mass is 605 g/mol. The van der Waals surface area contributed by atoms with E-state index >= 15 is 4.39 Å². The maximum atomic E-state index is 15.3. The number of carbonyl (C=O) groups excluding carboxylic acids is 1. The summed E-state index contributed by atoms with van der Waals surface area (Å²) in [5, 5.41) is 13.7. The predicted octanol–water partition coefficient (Wildman–Crippen LogP) is 5.16. The van der Waals surface area contributed by atoms with E-state index in [0.29, 0.717) is 17.1 Å². The van der Waals surface area contributed by atoms with Gasteiger partial charge in [-0.2, -0.15) is 0 Å². The molecule has 12 heteroatoms. The fraction of sp³-hybridized carbons (Fsp3) is 0.194. The first-order valence-corrected chi connectivity index (χ1v) is 14.5. The van der Waals surface area contributed by atoms with Gasteiger partial charge in [0.05, 0.1) is 22.9 Å². The van der Waals surface area contributed by atoms with Crippen LogP contribution < -0.4 is 25.7 Å². The van der Waals surface area contributed by atoms with Gasteiger partial charge in [0.2, 0.25) is 12.0 Å². The summed E-state index contributed by atoms with van der Waals surface area (Å²) < 4.78 is 34.8. The van der Waals surface area contributed by atoms with Crippen LogP contribution in [0.25, 0.3) is 6.08 Å². The van der Waals surface area contributed by atoms with E-state index in [1.54, 1.807) is 34.4 Å². The van der Waals surface area contributed by atoms with Crippen molar-refractivity contribution in [3.8, 4) is 11.5 Å². The number of aromatic nitrogens is 1. The Morgan fingerprint density at radius 1 is 1.23 bits per heavy atom. The number of rotatable bonds is 8. The summed E-state index contributed by atoms with van der Waals surface area (Å²) >= 11 is 1.61. The van der Waals surface area contributed by atoms with Crippen molar-refractivity contribution >= 4 is 40.7 Å². The molecule has 2 aliphatic rings. The van der Waals surface area contributed by atoms with Crippen molar-refractivity contribution in [1.29, 1.82) is 0 Å². The molecule has 1 aromatic heterocycles. The molecule has 2 unspecified atom stereocenters. The molecule has 5 rings (SSSR count). The molecule has 0 bridgehead atoms. The molecule has 2 aromatic carbocycles. The molecule has 3 heterocycles. The maximum Gasteiger partial charge on any atom is 0.259 e. The molecule has 222 valence electrons. The number of benzene rings is 2. The van der Waals surface area contributed by atoms with E-state index in [-0.39, 0.29) is 34.8 Å². The number of carbonyl (C=O) groups is 1. The molecule has 0 spiro atoms. The molecular formula is C31H31F2N6O3S+. The van der Waals surface area contributed by atoms with Crippen LogP contribution in [0, 0.1) is 11.6 Å². The molecule has 1 amide bonds. The molecule has 43 heavy (non-hydrogen) atoms. The van der Waals surface area contributed by atoms with Gasteiger partial charge in [-0.15, -0.1) is 11.8 Å². The van der Waals surface area contributed by atoms with Gasteiger partial charge in [-0.05, 0) is 56.3 Å². The van der Waals surface area contributed by atoms with Crippen molar-refractivity contribution in [1.82, 2.24) is 4.90 Å². The van der Waals surface area contributed by atoms with E-state index in [2.05, 4.69) is 21.9 Å². The van der Waals surface area contributed by atoms with Crippen molar-refractivity contribution in [2.24, 2.45) is 10.7 Å². The highest BCUT2D eigenvalue weighted by atomic mass is 32.2. The number of aliphatic hydroxyl groups excluding tert-OH is 1. The minimum Gasteiger partial charge on any atom is -0.447 e. The number of hydrogen-bond acceptors (Lipinski definition) is 8. The minimum absolute atomic E-state index is 0.0440. The first kappa shape index (κ1) is 29.8. The predicted molar refractivity (Wildman–Crippen MR) is 164 cm³/mol. The number of pyridine rings is 1. The molecule has 0 saturated heterocycles. The van der Waals surface area contributed by atoms with E-state index < -0.39 is 23.9 Å². The zero-order valence-corrected chi connectivity index (χ0v) is 24.3. The zero-order valence-electron chi connectivity index (χ0n) is 23.5. The van der Waals surface area contributed by atoms with Crippen LogP contribution in [0.3, 0.4) is 0 Å². The number of thioether (sulfide) groups is 1. The van der Waals surface area contributed by atoms with Crippen molar-refractivity contribution in [3.05, 3.63) is 108 Å². The number of ether oxygens (including phenoxy) is 1. The number of nitrogens with zero attached hydrogens (tertiary/aromatic N) is 3. The summed E-state index contributed by atoms with van der Waals surface area (Å²) in [6.07, 6.45) is 5.09. The number of H-pyrrole nitrogens is 1. The Balaban J connectivity index is 1.37. The van der Waals surface area contributed by atoms with E-state index in [9.17, 15) is 14.3 Å². The first-order valence-electron chi connectivity index (χ1n) is 13.4. The molecule has 0 fully saturated rings. The van der Waals surface area contributed by atoms with Gasteiger partial charge in [-0.25, -0.2) is 13.8 Å². The average Bonchev–Trinajstić information content (AvgIpc) is 3.51. The lowest BCUT2D eigenvalue weighted by Gasteiger charge is -2.44. The van der Waals surface area contributed by atoms with Crippen LogP contribution in [0.4, 0.5) is 20.2 Å². The second-order valence-electron chi connectivity index (χ2n) is 10.1. The first-order chi connectivity index (χ1) is 20.7. The second kappa shape index (κ2) is 12.7. The Morgan fingerprint density at radius 3 is 2.65 bits per heavy atom. The van der Waals surface area contributed by atoms with Crippen LogP contribution in [0.1, 0.15) is 31.1 Å². The van der Waals surface area contributed by atoms with Crippen LogP contribution in [0.5, 0.6) is 11.5 Å². The number of anilines is 2. The minimum atomic E-state index is -1.18. The number of nitrogens with one attached hydrogen (secondary N) is 2. The lowest BCUT2D eigenvalue weighted by molar-refractivity contribution is -0.382. The molecule has 0 radical (unpaired) electrons. The van der Waals surface area contributed by atoms with Gasteiger partial charge in [0, 0.05) is 53.3 Å². The summed E-state index contributed by atoms with van der Waals surface area (Å²) in [6, 6.07) is 11.1. The summed E-state index contributed by atoms with van der Waals surface area (Å²) in [7, 11) is 0. The van der Waals surface area contributed by atoms with Gasteiger partial charge in [-0.3, -0.25) is 14.7 Å². The smallest absolute Gasteiger partial charge is 0.259 e. The fourth-order valence-corrected chi connectivity index (χ4v) is 5.43. The molecule has 2 aliphatic heterocycles. The fourth-order valence-electron chi connectivity index (χ4n) is 4.65. The third-order valence-corrected chi connectivity index (χ3v) is 7.69. The van der Waals surface area contributed by atoms with Crippen LogP contribution in [-0.4, -0.2) is 39.6 Å². The number of nitrogens with two attached hydrogens (primary N) is 1. The van der Waals surface area contributed by atoms with E-state index in [1.165, 1.54) is 53.7 Å². The standard InChI is InChI=1S/C31H30F2N6O3S/c1-18(2)38-15-24(19(3)39(31(38)41)23-7-4-21(32)5-8-23)30(40)37-22-6-9-28(25(33)13-22)42-29-12-20(27-16-43-17-36-27)14-35-26(29)10-11-34/h4-15,17-18,27,31,41H,3,16,34H2,1-2H3,(H,37,40)/p+1. The van der Waals surface area contributed by atoms with Crippen molar-refractivity contribution in [3.63, 3.8) is 0 Å². The summed E-state index contributed by atoms with van der Waals surface area (Å²) in [5.74, 6) is -0.624. The number of aliphatic hydroxyl groups is 1. The third kappa shape index (κ3) is 6.40. The Hall–Kier alpha value is -4.68. The van der Waals surface area contributed by atoms with Crippen molar-refractivity contribution < 1.29 is 28.4 Å². The summed E-state index contributed by atoms with van der Waals surface area (Å²) in [6.45, 7) is 7.71. The van der Waals surface area contributed by atoms with Gasteiger partial charge in [0.25, 0.3) is 5.91 Å². The van der Waals surface area contributed by atoms with Crippen LogP contribution in [0.15, 0.2) is 90.0 Å². The largest absolute Gasteiger partial charge is 0.447 e. The zero-order chi connectivity index (χ0) is 30.7. The van der Waals surface area contributed by atoms with Gasteiger partial charge in [-0.1, -0.05) is 6.58 Å². The number of halogens is 2. The Bertz CT molecular complexity index is 1630. The molecule has 9 nitrogen and oxygen atoms in total. The normalized spacial score (nSPS) is 18.5. The highest BCUT2D eigenvalue weighted by Crippen LogP contribution is 2.35. The van der Waals surface area contributed by atoms with Crippen molar-refractivity contribution in [2.45, 2.75) is 32.3 Å². The van der Waals surface area contributed by atoms with Crippen molar-refractivity contribution in [2.75, 3.05) is 16.0 Å². The van der Waals surface area contributed by atoms with E-state index in [0.717, 1.165) is 17.4 Å². The second-order valence-corrected chi connectivity index (χ2v) is 11.0. The molecule has 3 aromatic rings. The summed E-state index contributed by atoms with van der Waals surface area (Å²) in [5.41, 5.74) is 9.77. The van der Waals surface area contributed by atoms with Crippen LogP contribution >= 0.6 is 11.8 Å². The highest BCUT2D eigenvalue weighted by Gasteiger charge is 2.34. The molecule has 0 aliphatic carbocycles. The van der Waals surface area contributed by atoms with E-state index in [1.807, 2.05) is 20.0 Å². The SMILES string of the molecule is C=C1C(C(=O)Nc2ccc(Oc3cc(C4CSC=N4)c[nH+]c3C=CN)c(F)c2)=CN(C(C)C)C(O)N1c1ccc(F)cc1. The average molecular weight is 606 g/mol. The number of aromatic amines is 1. The molecule has 5 N–H and O–H groups in total. The van der Waals surface area contributed by atoms with Crippen LogP contribution in [-0.2, 0) is 4.79 Å². The lowest BCUT2D eigenvalue weighted by atomic mass is 10.1. The molecular weight excluding hydrogens is 574 g/mol. The number of amides is 1. The molecule has 2 atom stereocenters. The highest BCUT2D eigenvalue weighted by molar-refractivity contribution is 8.12. The lowest BCUT2D eigenvalue weighted by Crippen LogP contribution is -2.52. The number of aliphatic imine (C=N–C) groups is 1. The van der Waals surface area contributed by atoms with Gasteiger partial charge >= 0.3 is 0 Å². The van der Waals surface area contributed by atoms with Gasteiger partial charge < -0.3 is 25.8 Å². The van der Waals surface area contributed by atoms with Gasteiger partial charge in [0.15, 0.2) is 23.5 Å². The van der Waals surface area contributed by atoms with Gasteiger partial charge in [0.1, 0.15) is 5.82 Å². The molecule has 0 saturated carbocycles. The quantitative estimate of drug-likeness (QED) is 0.325. The Kier molecular flexibility index (Phi) is 8.78.